The fraction of sp³-hybridized carbons (Fsp3) is 0.300. The van der Waals surface area contributed by atoms with E-state index in [1.165, 1.54) is 10.5 Å². The summed E-state index contributed by atoms with van der Waals surface area (Å²) in [6.07, 6.45) is 1.05. The maximum absolute atomic E-state index is 10.9. The number of fused-ring (bicyclic) bond motifs is 1. The molecule has 1 aliphatic rings. The minimum Gasteiger partial charge on any atom is -0.368 e. The van der Waals surface area contributed by atoms with Gasteiger partial charge in [-0.15, -0.1) is 11.8 Å². The van der Waals surface area contributed by atoms with Crippen LogP contribution in [0.25, 0.3) is 0 Å². The Labute approximate surface area is 86.8 Å². The van der Waals surface area contributed by atoms with Crippen LogP contribution in [0, 0.1) is 0 Å². The third-order valence-corrected chi connectivity index (χ3v) is 3.50. The van der Waals surface area contributed by atoms with Crippen LogP contribution in [0.15, 0.2) is 23.1 Å². The van der Waals surface area contributed by atoms with Crippen LogP contribution in [0.1, 0.15) is 17.2 Å². The summed E-state index contributed by atoms with van der Waals surface area (Å²) < 4.78 is 0. The van der Waals surface area contributed by atoms with Gasteiger partial charge in [0.15, 0.2) is 0 Å². The molecule has 0 radical (unpaired) electrons. The zero-order valence-corrected chi connectivity index (χ0v) is 8.51. The van der Waals surface area contributed by atoms with Gasteiger partial charge in [-0.2, -0.15) is 0 Å². The van der Waals surface area contributed by atoms with Crippen LogP contribution in [-0.2, 0) is 11.2 Å². The molecule has 2 rings (SSSR count). The molecule has 74 valence electrons. The summed E-state index contributed by atoms with van der Waals surface area (Å²) in [6.45, 7) is 0. The molecule has 1 amide bonds. The van der Waals surface area contributed by atoms with Crippen molar-refractivity contribution in [2.24, 2.45) is 11.5 Å². The Morgan fingerprint density at radius 2 is 2.29 bits per heavy atom. The summed E-state index contributed by atoms with van der Waals surface area (Å²) in [5.74, 6) is 0.639. The summed E-state index contributed by atoms with van der Waals surface area (Å²) in [6, 6.07) is 5.22. The molecule has 1 unspecified atom stereocenters. The standard InChI is InChI=1S/C10H12N2OS/c11-9(10(12)13)7-1-2-8-6(5-7)3-4-14-8/h1-2,5,9H,3-4,11H2,(H2,12,13). The van der Waals surface area contributed by atoms with E-state index in [0.717, 1.165) is 17.7 Å². The third kappa shape index (κ3) is 1.63. The summed E-state index contributed by atoms with van der Waals surface area (Å²) in [5.41, 5.74) is 12.9. The Kier molecular flexibility index (Phi) is 2.48. The average molecular weight is 208 g/mol. The third-order valence-electron chi connectivity index (χ3n) is 2.38. The number of rotatable bonds is 2. The van der Waals surface area contributed by atoms with Crippen LogP contribution in [-0.4, -0.2) is 11.7 Å². The average Bonchev–Trinajstić information content (AvgIpc) is 2.62. The highest BCUT2D eigenvalue weighted by molar-refractivity contribution is 7.99. The molecule has 1 aliphatic heterocycles. The largest absolute Gasteiger partial charge is 0.368 e. The molecule has 14 heavy (non-hydrogen) atoms. The molecule has 1 aromatic rings. The molecule has 0 spiro atoms. The van der Waals surface area contributed by atoms with Crippen LogP contribution in [0.4, 0.5) is 0 Å². The summed E-state index contributed by atoms with van der Waals surface area (Å²) in [7, 11) is 0. The first-order chi connectivity index (χ1) is 6.68. The van der Waals surface area contributed by atoms with E-state index in [9.17, 15) is 4.79 Å². The molecule has 3 nitrogen and oxygen atoms in total. The van der Waals surface area contributed by atoms with Gasteiger partial charge in [-0.05, 0) is 23.6 Å². The van der Waals surface area contributed by atoms with Gasteiger partial charge >= 0.3 is 0 Å². The minimum atomic E-state index is -0.675. The van der Waals surface area contributed by atoms with Crippen LogP contribution >= 0.6 is 11.8 Å². The van der Waals surface area contributed by atoms with Gasteiger partial charge in [-0.25, -0.2) is 0 Å². The smallest absolute Gasteiger partial charge is 0.238 e. The molecule has 1 heterocycles. The van der Waals surface area contributed by atoms with Gasteiger partial charge in [0, 0.05) is 10.6 Å². The minimum absolute atomic E-state index is 0.476. The van der Waals surface area contributed by atoms with Crippen molar-refractivity contribution in [2.75, 3.05) is 5.75 Å². The Morgan fingerprint density at radius 3 is 3.00 bits per heavy atom. The van der Waals surface area contributed by atoms with Gasteiger partial charge in [-0.1, -0.05) is 12.1 Å². The molecule has 0 aromatic heterocycles. The van der Waals surface area contributed by atoms with E-state index in [1.807, 2.05) is 30.0 Å². The van der Waals surface area contributed by atoms with E-state index in [1.54, 1.807) is 0 Å². The zero-order valence-electron chi connectivity index (χ0n) is 7.69. The Hall–Kier alpha value is -1.00. The number of carbonyl (C=O) groups is 1. The van der Waals surface area contributed by atoms with Crippen LogP contribution in [0.2, 0.25) is 0 Å². The van der Waals surface area contributed by atoms with Crippen LogP contribution in [0.3, 0.4) is 0 Å². The first-order valence-electron chi connectivity index (χ1n) is 4.49. The zero-order chi connectivity index (χ0) is 10.1. The highest BCUT2D eigenvalue weighted by atomic mass is 32.2. The van der Waals surface area contributed by atoms with Gasteiger partial charge in [0.25, 0.3) is 0 Å². The van der Waals surface area contributed by atoms with Gasteiger partial charge in [0.2, 0.25) is 5.91 Å². The van der Waals surface area contributed by atoms with Crippen molar-refractivity contribution in [3.63, 3.8) is 0 Å². The topological polar surface area (TPSA) is 69.1 Å². The van der Waals surface area contributed by atoms with Crippen molar-refractivity contribution in [2.45, 2.75) is 17.4 Å². The molecular weight excluding hydrogens is 196 g/mol. The van der Waals surface area contributed by atoms with Crippen molar-refractivity contribution < 1.29 is 4.79 Å². The number of hydrogen-bond acceptors (Lipinski definition) is 3. The van der Waals surface area contributed by atoms with E-state index in [-0.39, 0.29) is 0 Å². The van der Waals surface area contributed by atoms with Gasteiger partial charge in [-0.3, -0.25) is 4.79 Å². The number of thioether (sulfide) groups is 1. The van der Waals surface area contributed by atoms with Crippen molar-refractivity contribution in [3.05, 3.63) is 29.3 Å². The maximum Gasteiger partial charge on any atom is 0.238 e. The number of benzene rings is 1. The molecule has 0 saturated carbocycles. The normalized spacial score (nSPS) is 16.4. The second-order valence-corrected chi connectivity index (χ2v) is 4.48. The number of primary amides is 1. The number of aryl methyl sites for hydroxylation is 1. The molecule has 0 fully saturated rings. The summed E-state index contributed by atoms with van der Waals surface area (Å²) in [5, 5.41) is 0. The summed E-state index contributed by atoms with van der Waals surface area (Å²) >= 11 is 1.84. The predicted molar refractivity (Wildman–Crippen MR) is 57.0 cm³/mol. The molecule has 1 atom stereocenters. The lowest BCUT2D eigenvalue weighted by Gasteiger charge is -2.09. The SMILES string of the molecule is NC(=O)C(N)c1ccc2c(c1)CCS2. The van der Waals surface area contributed by atoms with E-state index in [2.05, 4.69) is 0 Å². The first kappa shape index (κ1) is 9.55. The predicted octanol–water partition coefficient (Wildman–Crippen LogP) is 0.820. The quantitative estimate of drug-likeness (QED) is 0.756. The Bertz CT molecular complexity index is 378. The van der Waals surface area contributed by atoms with E-state index < -0.39 is 11.9 Å². The fourth-order valence-electron chi connectivity index (χ4n) is 1.56. The molecular formula is C10H12N2OS. The first-order valence-corrected chi connectivity index (χ1v) is 5.47. The second-order valence-electron chi connectivity index (χ2n) is 3.35. The van der Waals surface area contributed by atoms with E-state index in [4.69, 9.17) is 11.5 Å². The molecule has 4 heteroatoms. The van der Waals surface area contributed by atoms with Gasteiger partial charge in [0.1, 0.15) is 6.04 Å². The Morgan fingerprint density at radius 1 is 1.50 bits per heavy atom. The fourth-order valence-corrected chi connectivity index (χ4v) is 2.62. The number of amides is 1. The van der Waals surface area contributed by atoms with Gasteiger partial charge in [0.05, 0.1) is 0 Å². The second kappa shape index (κ2) is 3.63. The van der Waals surface area contributed by atoms with Crippen molar-refractivity contribution in [1.82, 2.24) is 0 Å². The molecule has 0 bridgehead atoms. The van der Waals surface area contributed by atoms with Gasteiger partial charge < -0.3 is 11.5 Å². The number of nitrogens with two attached hydrogens (primary N) is 2. The lowest BCUT2D eigenvalue weighted by Crippen LogP contribution is -2.28. The Balaban J connectivity index is 2.33. The van der Waals surface area contributed by atoms with E-state index >= 15 is 0 Å². The lowest BCUT2D eigenvalue weighted by molar-refractivity contribution is -0.119. The lowest BCUT2D eigenvalue weighted by atomic mass is 10.0. The highest BCUT2D eigenvalue weighted by Crippen LogP contribution is 2.32. The molecule has 0 aliphatic carbocycles. The summed E-state index contributed by atoms with van der Waals surface area (Å²) in [4.78, 5) is 12.2. The number of hydrogen-bond donors (Lipinski definition) is 2. The highest BCUT2D eigenvalue weighted by Gasteiger charge is 2.16. The molecule has 4 N–H and O–H groups in total. The van der Waals surface area contributed by atoms with Crippen LogP contribution < -0.4 is 11.5 Å². The van der Waals surface area contributed by atoms with Crippen molar-refractivity contribution in [3.8, 4) is 0 Å². The van der Waals surface area contributed by atoms with Crippen LogP contribution in [0.5, 0.6) is 0 Å². The van der Waals surface area contributed by atoms with Crippen molar-refractivity contribution in [1.29, 1.82) is 0 Å². The molecule has 1 aromatic carbocycles. The monoisotopic (exact) mass is 208 g/mol. The number of carbonyl (C=O) groups excluding carboxylic acids is 1. The molecule has 0 saturated heterocycles. The van der Waals surface area contributed by atoms with E-state index in [0.29, 0.717) is 0 Å². The maximum atomic E-state index is 10.9. The van der Waals surface area contributed by atoms with Crippen molar-refractivity contribution >= 4 is 17.7 Å².